The molecule has 1 amide bonds. The molecule has 0 spiro atoms. The molecule has 0 unspecified atom stereocenters. The van der Waals surface area contributed by atoms with Crippen molar-refractivity contribution in [3.63, 3.8) is 0 Å². The van der Waals surface area contributed by atoms with Crippen LogP contribution in [0, 0.1) is 13.8 Å². The number of carboxylic acids is 1. The number of methoxy groups -OCH3 is 1. The van der Waals surface area contributed by atoms with E-state index in [0.29, 0.717) is 5.69 Å². The zero-order chi connectivity index (χ0) is 14.4. The van der Waals surface area contributed by atoms with Crippen LogP contribution in [0.3, 0.4) is 0 Å². The van der Waals surface area contributed by atoms with Crippen molar-refractivity contribution in [3.8, 4) is 5.75 Å². The normalized spacial score (nSPS) is 10.1. The van der Waals surface area contributed by atoms with Gasteiger partial charge in [0.2, 0.25) is 5.91 Å². The molecular weight excluding hydrogens is 266 g/mol. The van der Waals surface area contributed by atoms with Crippen molar-refractivity contribution in [2.75, 3.05) is 23.9 Å². The number of carbonyl (C=O) groups is 2. The van der Waals surface area contributed by atoms with Crippen LogP contribution in [-0.2, 0) is 9.59 Å². The van der Waals surface area contributed by atoms with Gasteiger partial charge in [-0.2, -0.15) is 0 Å². The molecule has 0 aliphatic carbocycles. The van der Waals surface area contributed by atoms with Gasteiger partial charge in [0.25, 0.3) is 0 Å². The maximum absolute atomic E-state index is 11.7. The number of ether oxygens (including phenoxy) is 1. The Kier molecular flexibility index (Phi) is 5.69. The van der Waals surface area contributed by atoms with Gasteiger partial charge in [0.1, 0.15) is 5.75 Å². The number of nitrogens with one attached hydrogen (secondary N) is 1. The molecule has 2 N–H and O–H groups in total. The van der Waals surface area contributed by atoms with Gasteiger partial charge in [-0.1, -0.05) is 6.07 Å². The van der Waals surface area contributed by atoms with E-state index < -0.39 is 5.97 Å². The van der Waals surface area contributed by atoms with Gasteiger partial charge in [0.05, 0.1) is 18.6 Å². The Morgan fingerprint density at radius 2 is 2.00 bits per heavy atom. The lowest BCUT2D eigenvalue weighted by Crippen LogP contribution is -2.16. The summed E-state index contributed by atoms with van der Waals surface area (Å²) in [6.45, 7) is 3.80. The number of hydrogen-bond acceptors (Lipinski definition) is 4. The van der Waals surface area contributed by atoms with Crippen LogP contribution in [0.15, 0.2) is 12.1 Å². The van der Waals surface area contributed by atoms with Gasteiger partial charge in [-0.3, -0.25) is 9.59 Å². The average Bonchev–Trinajstić information content (AvgIpc) is 2.33. The molecule has 0 fully saturated rings. The highest BCUT2D eigenvalue weighted by atomic mass is 32.2. The number of carbonyl (C=O) groups excluding carboxylic acids is 1. The summed E-state index contributed by atoms with van der Waals surface area (Å²) in [6.07, 6.45) is 0. The molecule has 104 valence electrons. The van der Waals surface area contributed by atoms with Gasteiger partial charge < -0.3 is 15.2 Å². The van der Waals surface area contributed by atoms with Gasteiger partial charge in [0.15, 0.2) is 0 Å². The molecule has 0 bridgehead atoms. The van der Waals surface area contributed by atoms with Gasteiger partial charge in [-0.25, -0.2) is 0 Å². The zero-order valence-electron chi connectivity index (χ0n) is 11.1. The molecule has 0 aromatic heterocycles. The van der Waals surface area contributed by atoms with Crippen LogP contribution in [0.25, 0.3) is 0 Å². The van der Waals surface area contributed by atoms with E-state index in [1.165, 1.54) is 0 Å². The minimum atomic E-state index is -0.925. The van der Waals surface area contributed by atoms with Crippen molar-refractivity contribution in [3.05, 3.63) is 23.3 Å². The van der Waals surface area contributed by atoms with Gasteiger partial charge in [-0.05, 0) is 25.5 Å². The highest BCUT2D eigenvalue weighted by molar-refractivity contribution is 8.00. The number of anilines is 1. The molecule has 0 saturated carbocycles. The van der Waals surface area contributed by atoms with E-state index in [9.17, 15) is 9.59 Å². The highest BCUT2D eigenvalue weighted by Crippen LogP contribution is 2.29. The fourth-order valence-electron chi connectivity index (χ4n) is 1.69. The molecule has 6 heteroatoms. The summed E-state index contributed by atoms with van der Waals surface area (Å²) in [5.41, 5.74) is 2.54. The van der Waals surface area contributed by atoms with Crippen molar-refractivity contribution in [1.29, 1.82) is 0 Å². The van der Waals surface area contributed by atoms with Crippen molar-refractivity contribution >= 4 is 29.3 Å². The van der Waals surface area contributed by atoms with Crippen LogP contribution in [0.5, 0.6) is 5.75 Å². The molecule has 0 atom stereocenters. The molecule has 1 rings (SSSR count). The Bertz CT molecular complexity index is 488. The lowest BCUT2D eigenvalue weighted by molar-refractivity contribution is -0.133. The van der Waals surface area contributed by atoms with Crippen LogP contribution in [-0.4, -0.2) is 35.6 Å². The Morgan fingerprint density at radius 3 is 2.58 bits per heavy atom. The molecule has 1 aromatic carbocycles. The molecule has 5 nitrogen and oxygen atoms in total. The number of aryl methyl sites for hydroxylation is 1. The second-order valence-electron chi connectivity index (χ2n) is 4.02. The minimum absolute atomic E-state index is 0.0797. The number of thioether (sulfide) groups is 1. The van der Waals surface area contributed by atoms with E-state index in [0.717, 1.165) is 28.6 Å². The van der Waals surface area contributed by atoms with E-state index >= 15 is 0 Å². The Morgan fingerprint density at radius 1 is 1.32 bits per heavy atom. The third kappa shape index (κ3) is 4.48. The lowest BCUT2D eigenvalue weighted by Gasteiger charge is -2.13. The maximum atomic E-state index is 11.7. The molecule has 0 radical (unpaired) electrons. The summed E-state index contributed by atoms with van der Waals surface area (Å²) in [5.74, 6) is -0.367. The number of carboxylic acid groups (broad SMARTS) is 1. The van der Waals surface area contributed by atoms with Crippen molar-refractivity contribution in [1.82, 2.24) is 0 Å². The van der Waals surface area contributed by atoms with Crippen molar-refractivity contribution in [2.24, 2.45) is 0 Å². The molecule has 0 aliphatic rings. The number of rotatable bonds is 6. The van der Waals surface area contributed by atoms with E-state index in [1.54, 1.807) is 7.11 Å². The summed E-state index contributed by atoms with van der Waals surface area (Å²) in [6, 6.07) is 3.68. The van der Waals surface area contributed by atoms with Crippen LogP contribution < -0.4 is 10.1 Å². The first-order valence-corrected chi connectivity index (χ1v) is 6.84. The van der Waals surface area contributed by atoms with Crippen LogP contribution >= 0.6 is 11.8 Å². The van der Waals surface area contributed by atoms with Crippen LogP contribution in [0.4, 0.5) is 5.69 Å². The summed E-state index contributed by atoms with van der Waals surface area (Å²) < 4.78 is 5.28. The fourth-order valence-corrected chi connectivity index (χ4v) is 2.23. The highest BCUT2D eigenvalue weighted by Gasteiger charge is 2.11. The maximum Gasteiger partial charge on any atom is 0.313 e. The fraction of sp³-hybridized carbons (Fsp3) is 0.385. The van der Waals surface area contributed by atoms with E-state index in [-0.39, 0.29) is 17.4 Å². The third-order valence-electron chi connectivity index (χ3n) is 2.54. The molecule has 19 heavy (non-hydrogen) atoms. The predicted molar refractivity (Wildman–Crippen MR) is 76.1 cm³/mol. The van der Waals surface area contributed by atoms with Crippen LogP contribution in [0.2, 0.25) is 0 Å². The number of hydrogen-bond donors (Lipinski definition) is 2. The van der Waals surface area contributed by atoms with Gasteiger partial charge in [-0.15, -0.1) is 11.8 Å². The second-order valence-corrected chi connectivity index (χ2v) is 5.01. The zero-order valence-corrected chi connectivity index (χ0v) is 12.0. The minimum Gasteiger partial charge on any atom is -0.496 e. The molecule has 0 heterocycles. The third-order valence-corrected chi connectivity index (χ3v) is 3.46. The number of benzene rings is 1. The standard InChI is InChI=1S/C13H17NO4S/c1-8-4-5-10(9(2)13(8)18-3)14-11(15)6-19-7-12(16)17/h4-5H,6-7H2,1-3H3,(H,14,15)(H,16,17). The second kappa shape index (κ2) is 7.04. The molecule has 0 aliphatic heterocycles. The van der Waals surface area contributed by atoms with Crippen molar-refractivity contribution < 1.29 is 19.4 Å². The molecular formula is C13H17NO4S. The molecule has 1 aromatic rings. The van der Waals surface area contributed by atoms with Gasteiger partial charge in [0, 0.05) is 11.3 Å². The summed E-state index contributed by atoms with van der Waals surface area (Å²) in [7, 11) is 1.59. The SMILES string of the molecule is COc1c(C)ccc(NC(=O)CSCC(=O)O)c1C. The van der Waals surface area contributed by atoms with E-state index in [2.05, 4.69) is 5.32 Å². The van der Waals surface area contributed by atoms with E-state index in [4.69, 9.17) is 9.84 Å². The van der Waals surface area contributed by atoms with E-state index in [1.807, 2.05) is 26.0 Å². The van der Waals surface area contributed by atoms with Gasteiger partial charge >= 0.3 is 5.97 Å². The lowest BCUT2D eigenvalue weighted by atomic mass is 10.1. The first-order valence-electron chi connectivity index (χ1n) is 5.69. The summed E-state index contributed by atoms with van der Waals surface area (Å²) in [5, 5.41) is 11.2. The van der Waals surface area contributed by atoms with Crippen molar-refractivity contribution in [2.45, 2.75) is 13.8 Å². The Hall–Kier alpha value is -1.69. The van der Waals surface area contributed by atoms with Crippen LogP contribution in [0.1, 0.15) is 11.1 Å². The smallest absolute Gasteiger partial charge is 0.313 e. The first-order chi connectivity index (χ1) is 8.95. The number of amides is 1. The Labute approximate surface area is 116 Å². The monoisotopic (exact) mass is 283 g/mol. The quantitative estimate of drug-likeness (QED) is 0.836. The largest absolute Gasteiger partial charge is 0.496 e. The Balaban J connectivity index is 2.67. The molecule has 0 saturated heterocycles. The first kappa shape index (κ1) is 15.4. The average molecular weight is 283 g/mol. The predicted octanol–water partition coefficient (Wildman–Crippen LogP) is 2.07. The summed E-state index contributed by atoms with van der Waals surface area (Å²) >= 11 is 1.06. The summed E-state index contributed by atoms with van der Waals surface area (Å²) in [4.78, 5) is 22.0. The number of aliphatic carboxylic acids is 1. The topological polar surface area (TPSA) is 75.6 Å².